The smallest absolute Gasteiger partial charge is 0.244 e. The molecule has 0 aromatic heterocycles. The van der Waals surface area contributed by atoms with Crippen LogP contribution in [0.15, 0.2) is 24.3 Å². The monoisotopic (exact) mass is 315 g/mol. The predicted octanol–water partition coefficient (Wildman–Crippen LogP) is 2.33. The summed E-state index contributed by atoms with van der Waals surface area (Å²) in [6.45, 7) is 7.50. The summed E-state index contributed by atoms with van der Waals surface area (Å²) in [5.41, 5.74) is 8.29. The molecule has 0 saturated carbocycles. The van der Waals surface area contributed by atoms with Crippen LogP contribution in [0.25, 0.3) is 0 Å². The van der Waals surface area contributed by atoms with Gasteiger partial charge in [-0.1, -0.05) is 29.8 Å². The van der Waals surface area contributed by atoms with E-state index >= 15 is 0 Å². The van der Waals surface area contributed by atoms with Gasteiger partial charge in [0.15, 0.2) is 0 Å². The molecule has 2 aliphatic heterocycles. The molecule has 2 heterocycles. The summed E-state index contributed by atoms with van der Waals surface area (Å²) in [5, 5.41) is 0. The van der Waals surface area contributed by atoms with Gasteiger partial charge in [0.2, 0.25) is 5.91 Å². The van der Waals surface area contributed by atoms with Gasteiger partial charge in [-0.05, 0) is 57.2 Å². The standard InChI is InChI=1S/C19H29N3O/c1-15-4-6-17(7-5-15)18(20)19(23)22-12-8-16(9-13-22)14-21-10-2-3-11-21/h4-7,16,18H,2-3,8-14,20H2,1H3. The molecule has 0 bridgehead atoms. The zero-order chi connectivity index (χ0) is 16.2. The van der Waals surface area contributed by atoms with Gasteiger partial charge in [0.25, 0.3) is 0 Å². The molecule has 0 radical (unpaired) electrons. The van der Waals surface area contributed by atoms with Crippen LogP contribution in [0.2, 0.25) is 0 Å². The Bertz CT molecular complexity index is 514. The Morgan fingerprint density at radius 1 is 1.13 bits per heavy atom. The summed E-state index contributed by atoms with van der Waals surface area (Å²) < 4.78 is 0. The topological polar surface area (TPSA) is 49.6 Å². The molecular formula is C19H29N3O. The number of carbonyl (C=O) groups is 1. The number of rotatable bonds is 4. The number of benzene rings is 1. The molecule has 4 heteroatoms. The number of carbonyl (C=O) groups excluding carboxylic acids is 1. The number of amides is 1. The van der Waals surface area contributed by atoms with Gasteiger partial charge in [-0.25, -0.2) is 0 Å². The average molecular weight is 315 g/mol. The molecule has 1 unspecified atom stereocenters. The van der Waals surface area contributed by atoms with E-state index in [1.165, 1.54) is 38.0 Å². The molecule has 1 atom stereocenters. The first-order chi connectivity index (χ1) is 11.1. The highest BCUT2D eigenvalue weighted by atomic mass is 16.2. The lowest BCUT2D eigenvalue weighted by atomic mass is 9.95. The second-order valence-electron chi connectivity index (χ2n) is 7.16. The van der Waals surface area contributed by atoms with Crippen molar-refractivity contribution in [1.29, 1.82) is 0 Å². The van der Waals surface area contributed by atoms with Crippen LogP contribution in [0.1, 0.15) is 42.9 Å². The highest BCUT2D eigenvalue weighted by Crippen LogP contribution is 2.23. The Kier molecular flexibility index (Phi) is 5.34. The number of likely N-dealkylation sites (tertiary alicyclic amines) is 2. The molecule has 3 rings (SSSR count). The lowest BCUT2D eigenvalue weighted by Crippen LogP contribution is -2.44. The van der Waals surface area contributed by atoms with Gasteiger partial charge in [-0.3, -0.25) is 4.79 Å². The molecule has 23 heavy (non-hydrogen) atoms. The van der Waals surface area contributed by atoms with Crippen molar-refractivity contribution in [3.63, 3.8) is 0 Å². The second-order valence-corrected chi connectivity index (χ2v) is 7.16. The fourth-order valence-corrected chi connectivity index (χ4v) is 3.78. The molecule has 2 N–H and O–H groups in total. The van der Waals surface area contributed by atoms with Crippen molar-refractivity contribution in [2.45, 2.75) is 38.6 Å². The van der Waals surface area contributed by atoms with Crippen LogP contribution in [0.3, 0.4) is 0 Å². The average Bonchev–Trinajstić information content (AvgIpc) is 3.08. The van der Waals surface area contributed by atoms with Crippen LogP contribution in [-0.4, -0.2) is 48.4 Å². The Labute approximate surface area is 139 Å². The van der Waals surface area contributed by atoms with E-state index in [0.717, 1.165) is 37.4 Å². The third kappa shape index (κ3) is 4.12. The number of nitrogens with two attached hydrogens (primary N) is 1. The molecule has 0 spiro atoms. The van der Waals surface area contributed by atoms with Crippen molar-refractivity contribution in [3.05, 3.63) is 35.4 Å². The first-order valence-electron chi connectivity index (χ1n) is 8.97. The lowest BCUT2D eigenvalue weighted by Gasteiger charge is -2.35. The lowest BCUT2D eigenvalue weighted by molar-refractivity contribution is -0.134. The summed E-state index contributed by atoms with van der Waals surface area (Å²) in [7, 11) is 0. The van der Waals surface area contributed by atoms with Crippen LogP contribution < -0.4 is 5.73 Å². The van der Waals surface area contributed by atoms with Gasteiger partial charge in [0, 0.05) is 19.6 Å². The van der Waals surface area contributed by atoms with Gasteiger partial charge in [-0.2, -0.15) is 0 Å². The van der Waals surface area contributed by atoms with Crippen molar-refractivity contribution >= 4 is 5.91 Å². The highest BCUT2D eigenvalue weighted by molar-refractivity contribution is 5.83. The minimum Gasteiger partial charge on any atom is -0.341 e. The van der Waals surface area contributed by atoms with E-state index in [-0.39, 0.29) is 5.91 Å². The number of hydrogen-bond acceptors (Lipinski definition) is 3. The van der Waals surface area contributed by atoms with E-state index in [9.17, 15) is 4.79 Å². The number of nitrogens with zero attached hydrogens (tertiary/aromatic N) is 2. The summed E-state index contributed by atoms with van der Waals surface area (Å²) in [6, 6.07) is 7.46. The SMILES string of the molecule is Cc1ccc(C(N)C(=O)N2CCC(CN3CCCC3)CC2)cc1. The molecule has 126 valence electrons. The van der Waals surface area contributed by atoms with Crippen molar-refractivity contribution in [2.24, 2.45) is 11.7 Å². The first-order valence-corrected chi connectivity index (χ1v) is 8.97. The second kappa shape index (κ2) is 7.45. The molecule has 1 aromatic carbocycles. The van der Waals surface area contributed by atoms with E-state index in [1.807, 2.05) is 36.1 Å². The molecule has 4 nitrogen and oxygen atoms in total. The highest BCUT2D eigenvalue weighted by Gasteiger charge is 2.28. The minimum absolute atomic E-state index is 0.0773. The Hall–Kier alpha value is -1.39. The van der Waals surface area contributed by atoms with Crippen molar-refractivity contribution < 1.29 is 4.79 Å². The number of hydrogen-bond donors (Lipinski definition) is 1. The maximum absolute atomic E-state index is 12.6. The molecule has 2 saturated heterocycles. The van der Waals surface area contributed by atoms with Crippen LogP contribution in [0, 0.1) is 12.8 Å². The molecule has 1 aromatic rings. The molecule has 1 amide bonds. The maximum Gasteiger partial charge on any atom is 0.244 e. The summed E-state index contributed by atoms with van der Waals surface area (Å²) in [5.74, 6) is 0.821. The van der Waals surface area contributed by atoms with Gasteiger partial charge in [0.1, 0.15) is 6.04 Å². The van der Waals surface area contributed by atoms with Crippen molar-refractivity contribution in [1.82, 2.24) is 9.80 Å². The van der Waals surface area contributed by atoms with E-state index in [1.54, 1.807) is 0 Å². The van der Waals surface area contributed by atoms with Crippen LogP contribution >= 0.6 is 0 Å². The van der Waals surface area contributed by atoms with Gasteiger partial charge in [0.05, 0.1) is 0 Å². The first kappa shape index (κ1) is 16.5. The summed E-state index contributed by atoms with van der Waals surface area (Å²) >= 11 is 0. The van der Waals surface area contributed by atoms with E-state index in [4.69, 9.17) is 5.73 Å². The van der Waals surface area contributed by atoms with E-state index < -0.39 is 6.04 Å². The largest absolute Gasteiger partial charge is 0.341 e. The van der Waals surface area contributed by atoms with E-state index in [2.05, 4.69) is 4.90 Å². The quantitative estimate of drug-likeness (QED) is 0.928. The summed E-state index contributed by atoms with van der Waals surface area (Å²) in [4.78, 5) is 17.2. The molecular weight excluding hydrogens is 286 g/mol. The minimum atomic E-state index is -0.522. The number of piperidine rings is 1. The van der Waals surface area contributed by atoms with Gasteiger partial charge in [-0.15, -0.1) is 0 Å². The summed E-state index contributed by atoms with van der Waals surface area (Å²) in [6.07, 6.45) is 4.93. The molecule has 2 aliphatic rings. The normalized spacial score (nSPS) is 21.6. The van der Waals surface area contributed by atoms with Crippen LogP contribution in [-0.2, 0) is 4.79 Å². The van der Waals surface area contributed by atoms with Crippen molar-refractivity contribution in [2.75, 3.05) is 32.7 Å². The molecule has 0 aliphatic carbocycles. The van der Waals surface area contributed by atoms with Gasteiger partial charge < -0.3 is 15.5 Å². The fraction of sp³-hybridized carbons (Fsp3) is 0.632. The Balaban J connectivity index is 1.50. The third-order valence-corrected chi connectivity index (χ3v) is 5.34. The van der Waals surface area contributed by atoms with Crippen LogP contribution in [0.5, 0.6) is 0 Å². The maximum atomic E-state index is 12.6. The zero-order valence-corrected chi connectivity index (χ0v) is 14.2. The Morgan fingerprint density at radius 2 is 1.74 bits per heavy atom. The Morgan fingerprint density at radius 3 is 2.35 bits per heavy atom. The third-order valence-electron chi connectivity index (χ3n) is 5.34. The van der Waals surface area contributed by atoms with E-state index in [0.29, 0.717) is 0 Å². The van der Waals surface area contributed by atoms with Crippen molar-refractivity contribution in [3.8, 4) is 0 Å². The zero-order valence-electron chi connectivity index (χ0n) is 14.2. The molecule has 2 fully saturated rings. The van der Waals surface area contributed by atoms with Gasteiger partial charge >= 0.3 is 0 Å². The van der Waals surface area contributed by atoms with Crippen LogP contribution in [0.4, 0.5) is 0 Å². The number of aryl methyl sites for hydroxylation is 1. The predicted molar refractivity (Wildman–Crippen MR) is 93.1 cm³/mol. The fourth-order valence-electron chi connectivity index (χ4n) is 3.78.